The number of nitriles is 1. The van der Waals surface area contributed by atoms with Gasteiger partial charge in [0.15, 0.2) is 0 Å². The quantitative estimate of drug-likeness (QED) is 0.471. The molecular weight excluding hydrogens is 349 g/mol. The zero-order valence-electron chi connectivity index (χ0n) is 14.2. The van der Waals surface area contributed by atoms with Gasteiger partial charge in [-0.1, -0.05) is 23.8 Å². The van der Waals surface area contributed by atoms with Crippen molar-refractivity contribution in [3.05, 3.63) is 82.4 Å². The summed E-state index contributed by atoms with van der Waals surface area (Å²) in [6.07, 6.45) is -2.98. The van der Waals surface area contributed by atoms with Gasteiger partial charge in [-0.05, 0) is 61.7 Å². The van der Waals surface area contributed by atoms with Crippen molar-refractivity contribution >= 4 is 0 Å². The van der Waals surface area contributed by atoms with Crippen LogP contribution in [0.3, 0.4) is 0 Å². The third-order valence-electron chi connectivity index (χ3n) is 4.28. The Labute approximate surface area is 148 Å². The molecule has 0 aliphatic carbocycles. The van der Waals surface area contributed by atoms with Gasteiger partial charge in [-0.15, -0.1) is 0 Å². The molecule has 0 fully saturated rings. The Bertz CT molecular complexity index is 859. The lowest BCUT2D eigenvalue weighted by Gasteiger charge is -2.29. The highest BCUT2D eigenvalue weighted by Gasteiger charge is 2.38. The summed E-state index contributed by atoms with van der Waals surface area (Å²) in [7, 11) is 0. The Balaban J connectivity index is 2.78. The van der Waals surface area contributed by atoms with Gasteiger partial charge < -0.3 is 0 Å². The fourth-order valence-corrected chi connectivity index (χ4v) is 2.79. The fourth-order valence-electron chi connectivity index (χ4n) is 2.79. The van der Waals surface area contributed by atoms with Gasteiger partial charge in [-0.2, -0.15) is 18.4 Å². The molecule has 0 bridgehead atoms. The topological polar surface area (TPSA) is 23.8 Å². The zero-order valence-corrected chi connectivity index (χ0v) is 14.2. The first-order valence-corrected chi connectivity index (χ1v) is 7.80. The summed E-state index contributed by atoms with van der Waals surface area (Å²) < 4.78 is 66.6. The van der Waals surface area contributed by atoms with Crippen LogP contribution in [0.5, 0.6) is 0 Å². The van der Waals surface area contributed by atoms with Gasteiger partial charge in [0.1, 0.15) is 17.0 Å². The Morgan fingerprint density at radius 3 is 2.04 bits per heavy atom. The summed E-state index contributed by atoms with van der Waals surface area (Å²) in [5, 5.41) is 9.91. The number of benzene rings is 2. The standard InChI is InChI=1S/C20H16F5N/c1-3-13(2)11-19(12-26,14-4-6-17(21)7-5-14)15-8-16(20(23,24)25)10-18(22)9-15/h3-10H,11H2,1-2H3/b13-3+. The monoisotopic (exact) mass is 365 g/mol. The van der Waals surface area contributed by atoms with Crippen LogP contribution in [0.2, 0.25) is 0 Å². The summed E-state index contributed by atoms with van der Waals surface area (Å²) in [6.45, 7) is 3.45. The van der Waals surface area contributed by atoms with E-state index in [9.17, 15) is 27.2 Å². The number of allylic oxidation sites excluding steroid dienone is 2. The van der Waals surface area contributed by atoms with Crippen molar-refractivity contribution in [3.63, 3.8) is 0 Å². The van der Waals surface area contributed by atoms with E-state index in [0.29, 0.717) is 11.6 Å². The maximum atomic E-state index is 13.9. The largest absolute Gasteiger partial charge is 0.416 e. The Kier molecular flexibility index (Phi) is 5.50. The number of nitrogens with zero attached hydrogens (tertiary/aromatic N) is 1. The molecule has 26 heavy (non-hydrogen) atoms. The average Bonchev–Trinajstić information content (AvgIpc) is 2.59. The lowest BCUT2D eigenvalue weighted by atomic mass is 9.71. The second kappa shape index (κ2) is 7.28. The Morgan fingerprint density at radius 2 is 1.54 bits per heavy atom. The molecule has 1 atom stereocenters. The van der Waals surface area contributed by atoms with E-state index in [1.54, 1.807) is 19.9 Å². The van der Waals surface area contributed by atoms with Gasteiger partial charge in [0.2, 0.25) is 0 Å². The maximum Gasteiger partial charge on any atom is 0.416 e. The first-order chi connectivity index (χ1) is 12.1. The van der Waals surface area contributed by atoms with Crippen LogP contribution < -0.4 is 0 Å². The minimum absolute atomic E-state index is 0.0480. The molecule has 0 saturated carbocycles. The average molecular weight is 365 g/mol. The molecule has 0 amide bonds. The molecule has 2 aromatic rings. The molecule has 136 valence electrons. The van der Waals surface area contributed by atoms with Crippen LogP contribution in [0.15, 0.2) is 54.1 Å². The highest BCUT2D eigenvalue weighted by molar-refractivity contribution is 5.49. The van der Waals surface area contributed by atoms with Crippen molar-refractivity contribution < 1.29 is 22.0 Å². The van der Waals surface area contributed by atoms with E-state index < -0.39 is 28.8 Å². The zero-order chi connectivity index (χ0) is 19.5. The molecule has 1 nitrogen and oxygen atoms in total. The normalized spacial score (nSPS) is 14.6. The Hall–Kier alpha value is -2.68. The van der Waals surface area contributed by atoms with Crippen molar-refractivity contribution in [3.8, 4) is 6.07 Å². The third-order valence-corrected chi connectivity index (χ3v) is 4.28. The molecule has 6 heteroatoms. The number of hydrogen-bond donors (Lipinski definition) is 0. The second-order valence-electron chi connectivity index (χ2n) is 6.06. The molecule has 0 aliphatic rings. The molecule has 0 radical (unpaired) electrons. The second-order valence-corrected chi connectivity index (χ2v) is 6.06. The minimum atomic E-state index is -4.75. The lowest BCUT2D eigenvalue weighted by Crippen LogP contribution is -2.27. The third kappa shape index (κ3) is 3.93. The van der Waals surface area contributed by atoms with E-state index >= 15 is 0 Å². The highest BCUT2D eigenvalue weighted by Crippen LogP contribution is 2.40. The lowest BCUT2D eigenvalue weighted by molar-refractivity contribution is -0.137. The van der Waals surface area contributed by atoms with Crippen molar-refractivity contribution in [1.82, 2.24) is 0 Å². The van der Waals surface area contributed by atoms with Gasteiger partial charge in [-0.25, -0.2) is 8.78 Å². The van der Waals surface area contributed by atoms with E-state index in [1.165, 1.54) is 12.1 Å². The van der Waals surface area contributed by atoms with Crippen molar-refractivity contribution in [1.29, 1.82) is 5.26 Å². The van der Waals surface area contributed by atoms with Crippen molar-refractivity contribution in [2.75, 3.05) is 0 Å². The summed E-state index contributed by atoms with van der Waals surface area (Å²) in [6, 6.07) is 9.04. The van der Waals surface area contributed by atoms with Crippen LogP contribution in [0.1, 0.15) is 37.0 Å². The molecule has 0 N–H and O–H groups in total. The smallest absolute Gasteiger partial charge is 0.207 e. The van der Waals surface area contributed by atoms with Crippen LogP contribution in [0, 0.1) is 23.0 Å². The van der Waals surface area contributed by atoms with Crippen LogP contribution in [-0.4, -0.2) is 0 Å². The number of alkyl halides is 3. The SMILES string of the molecule is C/C=C(\C)CC(C#N)(c1ccc(F)cc1)c1cc(F)cc(C(F)(F)F)c1. The molecule has 1 unspecified atom stereocenters. The van der Waals surface area contributed by atoms with Crippen LogP contribution >= 0.6 is 0 Å². The van der Waals surface area contributed by atoms with Gasteiger partial charge in [-0.3, -0.25) is 0 Å². The van der Waals surface area contributed by atoms with Gasteiger partial charge in [0.25, 0.3) is 0 Å². The number of halogens is 5. The molecule has 0 heterocycles. The molecule has 0 saturated heterocycles. The predicted molar refractivity (Wildman–Crippen MR) is 88.2 cm³/mol. The number of hydrogen-bond acceptors (Lipinski definition) is 1. The van der Waals surface area contributed by atoms with E-state index in [2.05, 4.69) is 0 Å². The first-order valence-electron chi connectivity index (χ1n) is 7.80. The first kappa shape index (κ1) is 19.6. The van der Waals surface area contributed by atoms with Crippen molar-refractivity contribution in [2.45, 2.75) is 31.9 Å². The van der Waals surface area contributed by atoms with Crippen LogP contribution in [0.25, 0.3) is 0 Å². The maximum absolute atomic E-state index is 13.9. The highest BCUT2D eigenvalue weighted by atomic mass is 19.4. The van der Waals surface area contributed by atoms with E-state index in [4.69, 9.17) is 0 Å². The molecule has 0 aromatic heterocycles. The van der Waals surface area contributed by atoms with E-state index in [1.807, 2.05) is 6.07 Å². The summed E-state index contributed by atoms with van der Waals surface area (Å²) in [5.41, 5.74) is -1.85. The van der Waals surface area contributed by atoms with Crippen LogP contribution in [-0.2, 0) is 11.6 Å². The number of rotatable bonds is 4. The Morgan fingerprint density at radius 1 is 0.962 bits per heavy atom. The van der Waals surface area contributed by atoms with Crippen LogP contribution in [0.4, 0.5) is 22.0 Å². The molecule has 2 rings (SSSR count). The summed E-state index contributed by atoms with van der Waals surface area (Å²) in [5.74, 6) is -1.63. The summed E-state index contributed by atoms with van der Waals surface area (Å²) >= 11 is 0. The molecule has 0 spiro atoms. The minimum Gasteiger partial charge on any atom is -0.207 e. The molecular formula is C20H16F5N. The molecule has 2 aromatic carbocycles. The van der Waals surface area contributed by atoms with Gasteiger partial charge in [0.05, 0.1) is 11.6 Å². The predicted octanol–water partition coefficient (Wildman–Crippen LogP) is 6.15. The molecule has 0 aliphatic heterocycles. The fraction of sp³-hybridized carbons (Fsp3) is 0.250. The van der Waals surface area contributed by atoms with Gasteiger partial charge >= 0.3 is 6.18 Å². The van der Waals surface area contributed by atoms with Crippen molar-refractivity contribution in [2.24, 2.45) is 0 Å². The van der Waals surface area contributed by atoms with Gasteiger partial charge in [0, 0.05) is 0 Å². The van der Waals surface area contributed by atoms with E-state index in [0.717, 1.165) is 29.8 Å². The summed E-state index contributed by atoms with van der Waals surface area (Å²) in [4.78, 5) is 0. The van der Waals surface area contributed by atoms with E-state index in [-0.39, 0.29) is 12.0 Å².